The number of hydrogen-bond donors (Lipinski definition) is 1. The first-order valence-electron chi connectivity index (χ1n) is 7.02. The number of rotatable bonds is 4. The maximum atomic E-state index is 12.8. The Labute approximate surface area is 142 Å². The van der Waals surface area contributed by atoms with Gasteiger partial charge in [0.1, 0.15) is 0 Å². The number of piperidine rings is 1. The highest BCUT2D eigenvalue weighted by molar-refractivity contribution is 7.98. The summed E-state index contributed by atoms with van der Waals surface area (Å²) in [5.41, 5.74) is 6.28. The zero-order valence-electron chi connectivity index (χ0n) is 12.2. The molecule has 0 saturated carbocycles. The lowest BCUT2D eigenvalue weighted by Crippen LogP contribution is -2.44. The molecular formula is C15H22Cl2N2OS. The monoisotopic (exact) mass is 348 g/mol. The zero-order chi connectivity index (χ0) is 14.5. The lowest BCUT2D eigenvalue weighted by Gasteiger charge is -2.36. The summed E-state index contributed by atoms with van der Waals surface area (Å²) >= 11 is 7.83. The van der Waals surface area contributed by atoms with Gasteiger partial charge in [-0.1, -0.05) is 11.6 Å². The van der Waals surface area contributed by atoms with Crippen LogP contribution in [-0.2, 0) is 0 Å². The molecule has 1 fully saturated rings. The molecule has 0 spiro atoms. The lowest BCUT2D eigenvalue weighted by molar-refractivity contribution is 0.0605. The molecule has 1 amide bonds. The average Bonchev–Trinajstić information content (AvgIpc) is 2.48. The second-order valence-corrected chi connectivity index (χ2v) is 6.36. The Hall–Kier alpha value is -0.420. The van der Waals surface area contributed by atoms with Gasteiger partial charge in [0.15, 0.2) is 0 Å². The molecule has 0 bridgehead atoms. The van der Waals surface area contributed by atoms with Crippen LogP contribution in [0, 0.1) is 0 Å². The standard InChI is InChI=1S/C15H21ClN2OS.ClH/c1-20-12-5-6-14(16)13(10-12)15(19)18-9-3-2-4-11(18)7-8-17;/h5-6,10-11H,2-4,7-9,17H2,1H3;1H. The number of thioether (sulfide) groups is 1. The molecule has 1 heterocycles. The van der Waals surface area contributed by atoms with Gasteiger partial charge in [0.25, 0.3) is 5.91 Å². The molecule has 1 aliphatic heterocycles. The van der Waals surface area contributed by atoms with Crippen LogP contribution in [0.3, 0.4) is 0 Å². The second-order valence-electron chi connectivity index (χ2n) is 5.07. The minimum atomic E-state index is 0. The van der Waals surface area contributed by atoms with E-state index >= 15 is 0 Å². The van der Waals surface area contributed by atoms with E-state index in [2.05, 4.69) is 0 Å². The smallest absolute Gasteiger partial charge is 0.255 e. The molecule has 118 valence electrons. The van der Waals surface area contributed by atoms with Crippen molar-refractivity contribution in [2.45, 2.75) is 36.6 Å². The fourth-order valence-electron chi connectivity index (χ4n) is 2.71. The van der Waals surface area contributed by atoms with E-state index in [0.29, 0.717) is 17.1 Å². The predicted molar refractivity (Wildman–Crippen MR) is 92.8 cm³/mol. The van der Waals surface area contributed by atoms with Gasteiger partial charge in [-0.3, -0.25) is 4.79 Å². The van der Waals surface area contributed by atoms with Gasteiger partial charge in [0.2, 0.25) is 0 Å². The van der Waals surface area contributed by atoms with E-state index in [1.807, 2.05) is 29.4 Å². The first-order valence-corrected chi connectivity index (χ1v) is 8.62. The minimum Gasteiger partial charge on any atom is -0.336 e. The molecule has 1 unspecified atom stereocenters. The van der Waals surface area contributed by atoms with Gasteiger partial charge in [-0.25, -0.2) is 0 Å². The molecule has 1 saturated heterocycles. The number of nitrogens with zero attached hydrogens (tertiary/aromatic N) is 1. The van der Waals surface area contributed by atoms with Crippen molar-refractivity contribution >= 4 is 41.7 Å². The van der Waals surface area contributed by atoms with E-state index in [1.54, 1.807) is 11.8 Å². The summed E-state index contributed by atoms with van der Waals surface area (Å²) in [7, 11) is 0. The molecule has 1 atom stereocenters. The van der Waals surface area contributed by atoms with Crippen LogP contribution in [0.15, 0.2) is 23.1 Å². The molecule has 1 aliphatic rings. The van der Waals surface area contributed by atoms with Crippen LogP contribution in [0.1, 0.15) is 36.0 Å². The Morgan fingerprint density at radius 1 is 1.48 bits per heavy atom. The van der Waals surface area contributed by atoms with Crippen LogP contribution in [0.25, 0.3) is 0 Å². The topological polar surface area (TPSA) is 46.3 Å². The van der Waals surface area contributed by atoms with E-state index in [4.69, 9.17) is 17.3 Å². The third-order valence-corrected chi connectivity index (χ3v) is 4.85. The van der Waals surface area contributed by atoms with Gasteiger partial charge < -0.3 is 10.6 Å². The van der Waals surface area contributed by atoms with Crippen molar-refractivity contribution in [3.63, 3.8) is 0 Å². The van der Waals surface area contributed by atoms with Crippen molar-refractivity contribution in [2.24, 2.45) is 5.73 Å². The largest absolute Gasteiger partial charge is 0.336 e. The summed E-state index contributed by atoms with van der Waals surface area (Å²) in [6.07, 6.45) is 6.14. The summed E-state index contributed by atoms with van der Waals surface area (Å²) in [6, 6.07) is 5.90. The molecule has 2 N–H and O–H groups in total. The van der Waals surface area contributed by atoms with Gasteiger partial charge in [0, 0.05) is 17.5 Å². The van der Waals surface area contributed by atoms with Crippen LogP contribution < -0.4 is 5.73 Å². The molecule has 0 aliphatic carbocycles. The van der Waals surface area contributed by atoms with Crippen LogP contribution in [0.4, 0.5) is 0 Å². The minimum absolute atomic E-state index is 0. The van der Waals surface area contributed by atoms with Crippen LogP contribution in [0.5, 0.6) is 0 Å². The number of nitrogens with two attached hydrogens (primary N) is 1. The third-order valence-electron chi connectivity index (χ3n) is 3.79. The Morgan fingerprint density at radius 2 is 2.24 bits per heavy atom. The highest BCUT2D eigenvalue weighted by Crippen LogP contribution is 2.27. The number of carbonyl (C=O) groups is 1. The number of benzene rings is 1. The molecule has 2 rings (SSSR count). The Morgan fingerprint density at radius 3 is 2.90 bits per heavy atom. The van der Waals surface area contributed by atoms with E-state index in [-0.39, 0.29) is 24.4 Å². The number of likely N-dealkylation sites (tertiary alicyclic amines) is 1. The van der Waals surface area contributed by atoms with Crippen molar-refractivity contribution in [1.82, 2.24) is 4.90 Å². The van der Waals surface area contributed by atoms with E-state index in [1.165, 1.54) is 6.42 Å². The SMILES string of the molecule is CSc1ccc(Cl)c(C(=O)N2CCCCC2CCN)c1.Cl. The molecule has 0 aromatic heterocycles. The summed E-state index contributed by atoms with van der Waals surface area (Å²) < 4.78 is 0. The van der Waals surface area contributed by atoms with Gasteiger partial charge in [-0.2, -0.15) is 0 Å². The summed E-state index contributed by atoms with van der Waals surface area (Å²) in [4.78, 5) is 15.8. The van der Waals surface area contributed by atoms with Crippen molar-refractivity contribution in [1.29, 1.82) is 0 Å². The highest BCUT2D eigenvalue weighted by Gasteiger charge is 2.28. The number of amides is 1. The molecule has 6 heteroatoms. The van der Waals surface area contributed by atoms with Gasteiger partial charge in [0.05, 0.1) is 10.6 Å². The second kappa shape index (κ2) is 8.89. The quantitative estimate of drug-likeness (QED) is 0.841. The van der Waals surface area contributed by atoms with Gasteiger partial charge in [-0.05, 0) is 56.7 Å². The Bertz CT molecular complexity index is 483. The van der Waals surface area contributed by atoms with Crippen molar-refractivity contribution < 1.29 is 4.79 Å². The Balaban J connectivity index is 0.00000220. The molecule has 1 aromatic carbocycles. The molecule has 21 heavy (non-hydrogen) atoms. The van der Waals surface area contributed by atoms with Gasteiger partial charge >= 0.3 is 0 Å². The predicted octanol–water partition coefficient (Wildman–Crippen LogP) is 3.83. The summed E-state index contributed by atoms with van der Waals surface area (Å²) in [5.74, 6) is 0.0454. The zero-order valence-corrected chi connectivity index (χ0v) is 14.6. The molecule has 3 nitrogen and oxygen atoms in total. The molecule has 1 aromatic rings. The number of hydrogen-bond acceptors (Lipinski definition) is 3. The summed E-state index contributed by atoms with van der Waals surface area (Å²) in [6.45, 7) is 1.43. The van der Waals surface area contributed by atoms with Crippen molar-refractivity contribution in [2.75, 3.05) is 19.3 Å². The number of halogens is 2. The maximum Gasteiger partial charge on any atom is 0.255 e. The number of carbonyl (C=O) groups excluding carboxylic acids is 1. The highest BCUT2D eigenvalue weighted by atomic mass is 35.5. The normalized spacial score (nSPS) is 18.2. The molecular weight excluding hydrogens is 327 g/mol. The van der Waals surface area contributed by atoms with E-state index < -0.39 is 0 Å². The first-order chi connectivity index (χ1) is 9.67. The Kier molecular flexibility index (Phi) is 7.88. The third kappa shape index (κ3) is 4.52. The van der Waals surface area contributed by atoms with E-state index in [9.17, 15) is 4.79 Å². The van der Waals surface area contributed by atoms with Crippen molar-refractivity contribution in [3.8, 4) is 0 Å². The molecule has 0 radical (unpaired) electrons. The fourth-order valence-corrected chi connectivity index (χ4v) is 3.35. The summed E-state index contributed by atoms with van der Waals surface area (Å²) in [5, 5.41) is 0.532. The average molecular weight is 349 g/mol. The van der Waals surface area contributed by atoms with Crippen LogP contribution >= 0.6 is 35.8 Å². The fraction of sp³-hybridized carbons (Fsp3) is 0.533. The van der Waals surface area contributed by atoms with Gasteiger partial charge in [-0.15, -0.1) is 24.2 Å². The first kappa shape index (κ1) is 18.6. The van der Waals surface area contributed by atoms with Crippen LogP contribution in [0.2, 0.25) is 5.02 Å². The lowest BCUT2D eigenvalue weighted by atomic mass is 9.98. The van der Waals surface area contributed by atoms with Crippen molar-refractivity contribution in [3.05, 3.63) is 28.8 Å². The van der Waals surface area contributed by atoms with E-state index in [0.717, 1.165) is 30.7 Å². The maximum absolute atomic E-state index is 12.8. The van der Waals surface area contributed by atoms with Crippen LogP contribution in [-0.4, -0.2) is 36.2 Å².